The van der Waals surface area contributed by atoms with Crippen LogP contribution in [0, 0.1) is 0 Å². The maximum atomic E-state index is 12.9. The van der Waals surface area contributed by atoms with Gasteiger partial charge in [-0.2, -0.15) is 13.2 Å². The molecule has 0 saturated carbocycles. The summed E-state index contributed by atoms with van der Waals surface area (Å²) in [4.78, 5) is 10.2. The average Bonchev–Trinajstić information content (AvgIpc) is 2.60. The van der Waals surface area contributed by atoms with Crippen molar-refractivity contribution in [3.05, 3.63) is 71.3 Å². The standard InChI is InChI=1S/C18H16ClF3O3/c1-25-16(24)17(19,15(23)13-7-3-2-4-8-13)11-12-6-5-9-14(10-12)18(20,21)22/h2-10,15,23H,11H2,1H3. The van der Waals surface area contributed by atoms with Crippen LogP contribution in [-0.2, 0) is 22.1 Å². The highest BCUT2D eigenvalue weighted by Gasteiger charge is 2.46. The largest absolute Gasteiger partial charge is 0.468 e. The van der Waals surface area contributed by atoms with Gasteiger partial charge < -0.3 is 9.84 Å². The highest BCUT2D eigenvalue weighted by molar-refractivity contribution is 6.34. The van der Waals surface area contributed by atoms with Gasteiger partial charge in [0.15, 0.2) is 4.87 Å². The molecule has 134 valence electrons. The van der Waals surface area contributed by atoms with Crippen LogP contribution in [0.2, 0.25) is 0 Å². The Bertz CT molecular complexity index is 734. The fraction of sp³-hybridized carbons (Fsp3) is 0.278. The number of aliphatic hydroxyl groups is 1. The van der Waals surface area contributed by atoms with Crippen LogP contribution in [0.25, 0.3) is 0 Å². The monoisotopic (exact) mass is 372 g/mol. The second-order valence-electron chi connectivity index (χ2n) is 5.54. The summed E-state index contributed by atoms with van der Waals surface area (Å²) in [6.07, 6.45) is -6.31. The van der Waals surface area contributed by atoms with Gasteiger partial charge in [0.05, 0.1) is 12.7 Å². The molecular weight excluding hydrogens is 357 g/mol. The fourth-order valence-corrected chi connectivity index (χ4v) is 2.86. The van der Waals surface area contributed by atoms with Crippen LogP contribution < -0.4 is 0 Å². The summed E-state index contributed by atoms with van der Waals surface area (Å²) in [6, 6.07) is 12.6. The molecule has 1 N–H and O–H groups in total. The molecule has 25 heavy (non-hydrogen) atoms. The van der Waals surface area contributed by atoms with E-state index in [0.29, 0.717) is 5.56 Å². The summed E-state index contributed by atoms with van der Waals surface area (Å²) in [5.41, 5.74) is -0.344. The van der Waals surface area contributed by atoms with Crippen molar-refractivity contribution in [3.8, 4) is 0 Å². The molecule has 2 rings (SSSR count). The SMILES string of the molecule is COC(=O)C(Cl)(Cc1cccc(C(F)(F)F)c1)C(O)c1ccccc1. The van der Waals surface area contributed by atoms with Gasteiger partial charge in [0.1, 0.15) is 6.10 Å². The summed E-state index contributed by atoms with van der Waals surface area (Å²) in [5.74, 6) is -0.928. The predicted octanol–water partition coefficient (Wildman–Crippen LogP) is 4.13. The van der Waals surface area contributed by atoms with Gasteiger partial charge in [0, 0.05) is 6.42 Å². The molecule has 0 heterocycles. The van der Waals surface area contributed by atoms with Crippen molar-refractivity contribution < 1.29 is 27.8 Å². The number of rotatable bonds is 5. The van der Waals surface area contributed by atoms with Gasteiger partial charge in [-0.3, -0.25) is 4.79 Å². The Balaban J connectivity index is 2.40. The lowest BCUT2D eigenvalue weighted by atomic mass is 9.88. The molecule has 0 saturated heterocycles. The summed E-state index contributed by atoms with van der Waals surface area (Å²) in [6.45, 7) is 0. The molecule has 2 aromatic carbocycles. The molecule has 0 aliphatic heterocycles. The highest BCUT2D eigenvalue weighted by Crippen LogP contribution is 2.37. The lowest BCUT2D eigenvalue weighted by molar-refractivity contribution is -0.147. The third kappa shape index (κ3) is 4.32. The molecule has 2 unspecified atom stereocenters. The summed E-state index contributed by atoms with van der Waals surface area (Å²) in [5, 5.41) is 10.6. The Morgan fingerprint density at radius 1 is 1.16 bits per heavy atom. The van der Waals surface area contributed by atoms with Crippen LogP contribution in [0.1, 0.15) is 22.8 Å². The van der Waals surface area contributed by atoms with E-state index in [1.165, 1.54) is 12.1 Å². The van der Waals surface area contributed by atoms with E-state index >= 15 is 0 Å². The maximum Gasteiger partial charge on any atom is 0.416 e. The van der Waals surface area contributed by atoms with Gasteiger partial charge in [-0.15, -0.1) is 11.6 Å². The topological polar surface area (TPSA) is 46.5 Å². The molecule has 0 spiro atoms. The molecular formula is C18H16ClF3O3. The molecule has 2 atom stereocenters. The molecule has 0 aliphatic carbocycles. The van der Waals surface area contributed by atoms with Gasteiger partial charge >= 0.3 is 12.1 Å². The van der Waals surface area contributed by atoms with E-state index in [2.05, 4.69) is 4.74 Å². The summed E-state index contributed by atoms with van der Waals surface area (Å²) in [7, 11) is 1.10. The van der Waals surface area contributed by atoms with E-state index in [4.69, 9.17) is 11.6 Å². The first kappa shape index (κ1) is 19.3. The van der Waals surface area contributed by atoms with Crippen LogP contribution in [0.15, 0.2) is 54.6 Å². The predicted molar refractivity (Wildman–Crippen MR) is 87.1 cm³/mol. The Morgan fingerprint density at radius 2 is 1.80 bits per heavy atom. The minimum absolute atomic E-state index is 0.158. The number of esters is 1. The fourth-order valence-electron chi connectivity index (χ4n) is 2.50. The first-order valence-corrected chi connectivity index (χ1v) is 7.73. The average molecular weight is 373 g/mol. The van der Waals surface area contributed by atoms with E-state index in [-0.39, 0.29) is 12.0 Å². The number of halogens is 4. The van der Waals surface area contributed by atoms with Gasteiger partial charge in [-0.25, -0.2) is 0 Å². The Labute approximate surface area is 148 Å². The second kappa shape index (κ2) is 7.45. The zero-order valence-corrected chi connectivity index (χ0v) is 14.0. The first-order chi connectivity index (χ1) is 11.7. The molecule has 0 bridgehead atoms. The first-order valence-electron chi connectivity index (χ1n) is 7.35. The van der Waals surface area contributed by atoms with E-state index in [1.807, 2.05) is 0 Å². The number of hydrogen-bond acceptors (Lipinski definition) is 3. The van der Waals surface area contributed by atoms with Crippen molar-refractivity contribution in [3.63, 3.8) is 0 Å². The molecule has 0 radical (unpaired) electrons. The number of alkyl halides is 4. The number of hydrogen-bond donors (Lipinski definition) is 1. The minimum atomic E-state index is -4.52. The summed E-state index contributed by atoms with van der Waals surface area (Å²) < 4.78 is 43.3. The van der Waals surface area contributed by atoms with Crippen LogP contribution in [-0.4, -0.2) is 23.1 Å². The molecule has 0 amide bonds. The normalized spacial score (nSPS) is 15.3. The molecule has 0 fully saturated rings. The molecule has 3 nitrogen and oxygen atoms in total. The van der Waals surface area contributed by atoms with Gasteiger partial charge in [0.25, 0.3) is 0 Å². The number of carbonyl (C=O) groups is 1. The Kier molecular flexibility index (Phi) is 5.75. The van der Waals surface area contributed by atoms with Crippen LogP contribution >= 0.6 is 11.6 Å². The van der Waals surface area contributed by atoms with E-state index < -0.39 is 28.7 Å². The smallest absolute Gasteiger partial charge is 0.416 e. The number of carbonyl (C=O) groups excluding carboxylic acids is 1. The zero-order chi connectivity index (χ0) is 18.7. The molecule has 0 aliphatic rings. The van der Waals surface area contributed by atoms with Crippen molar-refractivity contribution in [2.75, 3.05) is 7.11 Å². The number of ether oxygens (including phenoxy) is 1. The van der Waals surface area contributed by atoms with Crippen molar-refractivity contribution in [2.24, 2.45) is 0 Å². The van der Waals surface area contributed by atoms with Gasteiger partial charge in [0.2, 0.25) is 0 Å². The highest BCUT2D eigenvalue weighted by atomic mass is 35.5. The van der Waals surface area contributed by atoms with Crippen molar-refractivity contribution in [1.29, 1.82) is 0 Å². The Hall–Kier alpha value is -2.05. The third-order valence-corrected chi connectivity index (χ3v) is 4.28. The van der Waals surface area contributed by atoms with E-state index in [9.17, 15) is 23.1 Å². The Morgan fingerprint density at radius 3 is 2.36 bits per heavy atom. The van der Waals surface area contributed by atoms with Gasteiger partial charge in [-0.1, -0.05) is 48.5 Å². The van der Waals surface area contributed by atoms with Crippen molar-refractivity contribution in [1.82, 2.24) is 0 Å². The second-order valence-corrected chi connectivity index (χ2v) is 6.22. The van der Waals surface area contributed by atoms with Gasteiger partial charge in [-0.05, 0) is 17.2 Å². The van der Waals surface area contributed by atoms with E-state index in [0.717, 1.165) is 19.2 Å². The minimum Gasteiger partial charge on any atom is -0.468 e. The van der Waals surface area contributed by atoms with Crippen molar-refractivity contribution in [2.45, 2.75) is 23.6 Å². The molecule has 2 aromatic rings. The number of aliphatic hydroxyl groups excluding tert-OH is 1. The molecule has 7 heteroatoms. The summed E-state index contributed by atoms with van der Waals surface area (Å²) >= 11 is 6.37. The molecule has 0 aromatic heterocycles. The lowest BCUT2D eigenvalue weighted by Crippen LogP contribution is -2.42. The maximum absolute atomic E-state index is 12.9. The quantitative estimate of drug-likeness (QED) is 0.634. The van der Waals surface area contributed by atoms with E-state index in [1.54, 1.807) is 30.3 Å². The lowest BCUT2D eigenvalue weighted by Gasteiger charge is -2.30. The number of methoxy groups -OCH3 is 1. The van der Waals surface area contributed by atoms with Crippen LogP contribution in [0.3, 0.4) is 0 Å². The van der Waals surface area contributed by atoms with Crippen molar-refractivity contribution >= 4 is 17.6 Å². The number of benzene rings is 2. The van der Waals surface area contributed by atoms with Crippen LogP contribution in [0.4, 0.5) is 13.2 Å². The third-order valence-electron chi connectivity index (χ3n) is 3.79. The zero-order valence-electron chi connectivity index (χ0n) is 13.3. The van der Waals surface area contributed by atoms with Crippen LogP contribution in [0.5, 0.6) is 0 Å².